The number of fused-ring (bicyclic) bond motifs is 3. The SMILES string of the molecule is O=C(NC1CCOC1C(=O)N[C@H]1CC[C@@H](C(=O)O)C1)OCC1c2ccccc2-c2ccccc21. The van der Waals surface area contributed by atoms with Crippen LogP contribution in [0.4, 0.5) is 4.79 Å². The number of rotatable bonds is 6. The molecule has 0 spiro atoms. The average Bonchev–Trinajstić information content (AvgIpc) is 3.56. The van der Waals surface area contributed by atoms with Crippen LogP contribution in [0.1, 0.15) is 42.7 Å². The molecule has 178 valence electrons. The Balaban J connectivity index is 1.17. The number of hydrogen-bond acceptors (Lipinski definition) is 5. The highest BCUT2D eigenvalue weighted by Gasteiger charge is 2.38. The van der Waals surface area contributed by atoms with Crippen LogP contribution in [0.3, 0.4) is 0 Å². The Labute approximate surface area is 197 Å². The summed E-state index contributed by atoms with van der Waals surface area (Å²) in [5, 5.41) is 14.8. The van der Waals surface area contributed by atoms with Crippen LogP contribution in [0.2, 0.25) is 0 Å². The summed E-state index contributed by atoms with van der Waals surface area (Å²) in [6, 6.07) is 15.6. The van der Waals surface area contributed by atoms with E-state index in [0.717, 1.165) is 22.3 Å². The number of benzene rings is 2. The van der Waals surface area contributed by atoms with Crippen LogP contribution < -0.4 is 10.6 Å². The minimum absolute atomic E-state index is 0.0402. The molecule has 3 aliphatic rings. The lowest BCUT2D eigenvalue weighted by Crippen LogP contribution is -2.50. The van der Waals surface area contributed by atoms with Crippen molar-refractivity contribution in [2.24, 2.45) is 5.92 Å². The van der Waals surface area contributed by atoms with Gasteiger partial charge in [-0.15, -0.1) is 0 Å². The van der Waals surface area contributed by atoms with Gasteiger partial charge in [0.2, 0.25) is 0 Å². The molecule has 1 saturated carbocycles. The summed E-state index contributed by atoms with van der Waals surface area (Å²) >= 11 is 0. The first-order valence-electron chi connectivity index (χ1n) is 11.8. The van der Waals surface area contributed by atoms with Gasteiger partial charge in [-0.25, -0.2) is 4.79 Å². The van der Waals surface area contributed by atoms with Crippen molar-refractivity contribution in [1.29, 1.82) is 0 Å². The number of ether oxygens (including phenoxy) is 2. The van der Waals surface area contributed by atoms with Gasteiger partial charge in [0, 0.05) is 18.6 Å². The van der Waals surface area contributed by atoms with Gasteiger partial charge in [0.25, 0.3) is 5.91 Å². The lowest BCUT2D eigenvalue weighted by Gasteiger charge is -2.22. The summed E-state index contributed by atoms with van der Waals surface area (Å²) in [5.74, 6) is -1.62. The predicted molar refractivity (Wildman–Crippen MR) is 123 cm³/mol. The Morgan fingerprint density at radius 2 is 1.62 bits per heavy atom. The third-order valence-electron chi connectivity index (χ3n) is 7.13. The quantitative estimate of drug-likeness (QED) is 0.606. The molecule has 34 heavy (non-hydrogen) atoms. The molecule has 8 nitrogen and oxygen atoms in total. The van der Waals surface area contributed by atoms with Crippen LogP contribution in [0.5, 0.6) is 0 Å². The zero-order valence-electron chi connectivity index (χ0n) is 18.7. The standard InChI is InChI=1S/C26H28N2O6/c29-24(27-16-10-9-15(13-16)25(30)31)23-22(11-12-33-23)28-26(32)34-14-21-19-7-3-1-5-17(19)18-6-2-4-8-20(18)21/h1-8,15-16,21-23H,9-14H2,(H,27,29)(H,28,32)(H,30,31)/t15-,16+,22?,23?/m1/s1. The number of carbonyl (C=O) groups excluding carboxylic acids is 2. The van der Waals surface area contributed by atoms with Crippen molar-refractivity contribution in [3.05, 3.63) is 59.7 Å². The second kappa shape index (κ2) is 9.46. The van der Waals surface area contributed by atoms with Gasteiger partial charge in [-0.05, 0) is 47.9 Å². The zero-order chi connectivity index (χ0) is 23.7. The molecule has 2 aliphatic carbocycles. The van der Waals surface area contributed by atoms with Gasteiger partial charge in [-0.3, -0.25) is 9.59 Å². The number of carboxylic acids is 1. The molecule has 5 rings (SSSR count). The molecule has 2 aromatic rings. The van der Waals surface area contributed by atoms with Gasteiger partial charge in [0.1, 0.15) is 6.61 Å². The van der Waals surface area contributed by atoms with Crippen LogP contribution in [0, 0.1) is 5.92 Å². The van der Waals surface area contributed by atoms with E-state index in [1.807, 2.05) is 24.3 Å². The third-order valence-corrected chi connectivity index (χ3v) is 7.13. The van der Waals surface area contributed by atoms with Gasteiger partial charge >= 0.3 is 12.1 Å². The van der Waals surface area contributed by atoms with E-state index in [-0.39, 0.29) is 24.5 Å². The largest absolute Gasteiger partial charge is 0.481 e. The maximum Gasteiger partial charge on any atom is 0.407 e. The zero-order valence-corrected chi connectivity index (χ0v) is 18.7. The van der Waals surface area contributed by atoms with E-state index >= 15 is 0 Å². The second-order valence-corrected chi connectivity index (χ2v) is 9.21. The summed E-state index contributed by atoms with van der Waals surface area (Å²) in [4.78, 5) is 36.5. The van der Waals surface area contributed by atoms with Gasteiger partial charge in [0.15, 0.2) is 6.10 Å². The molecular formula is C26H28N2O6. The van der Waals surface area contributed by atoms with Gasteiger partial charge in [-0.1, -0.05) is 48.5 Å². The average molecular weight is 465 g/mol. The van der Waals surface area contributed by atoms with Crippen molar-refractivity contribution in [2.75, 3.05) is 13.2 Å². The summed E-state index contributed by atoms with van der Waals surface area (Å²) in [7, 11) is 0. The molecule has 0 bridgehead atoms. The first kappa shape index (κ1) is 22.4. The molecule has 3 N–H and O–H groups in total. The lowest BCUT2D eigenvalue weighted by molar-refractivity contribution is -0.141. The van der Waals surface area contributed by atoms with E-state index in [1.165, 1.54) is 0 Å². The number of carboxylic acid groups (broad SMARTS) is 1. The van der Waals surface area contributed by atoms with Crippen molar-refractivity contribution in [1.82, 2.24) is 10.6 Å². The minimum Gasteiger partial charge on any atom is -0.481 e. The topological polar surface area (TPSA) is 114 Å². The number of hydrogen-bond donors (Lipinski definition) is 3. The van der Waals surface area contributed by atoms with Crippen molar-refractivity contribution < 1.29 is 29.0 Å². The molecule has 1 saturated heterocycles. The van der Waals surface area contributed by atoms with Gasteiger partial charge in [0.05, 0.1) is 12.0 Å². The monoisotopic (exact) mass is 464 g/mol. The Hall–Kier alpha value is -3.39. The first-order chi connectivity index (χ1) is 16.5. The van der Waals surface area contributed by atoms with Crippen molar-refractivity contribution >= 4 is 18.0 Å². The first-order valence-corrected chi connectivity index (χ1v) is 11.8. The fraction of sp³-hybridized carbons (Fsp3) is 0.423. The number of aliphatic carboxylic acids is 1. The van der Waals surface area contributed by atoms with E-state index < -0.39 is 30.1 Å². The summed E-state index contributed by atoms with van der Waals surface area (Å²) in [6.45, 7) is 0.553. The van der Waals surface area contributed by atoms with Crippen LogP contribution in [-0.2, 0) is 19.1 Å². The summed E-state index contributed by atoms with van der Waals surface area (Å²) < 4.78 is 11.2. The van der Waals surface area contributed by atoms with E-state index in [9.17, 15) is 14.4 Å². The highest BCUT2D eigenvalue weighted by atomic mass is 16.6. The third kappa shape index (κ3) is 4.37. The lowest BCUT2D eigenvalue weighted by atomic mass is 9.98. The van der Waals surface area contributed by atoms with Crippen molar-refractivity contribution in [3.63, 3.8) is 0 Å². The molecule has 1 heterocycles. The number of amides is 2. The second-order valence-electron chi connectivity index (χ2n) is 9.21. The molecule has 0 radical (unpaired) electrons. The summed E-state index contributed by atoms with van der Waals surface area (Å²) in [6.07, 6.45) is 0.696. The molecule has 1 aliphatic heterocycles. The van der Waals surface area contributed by atoms with Crippen LogP contribution >= 0.6 is 0 Å². The van der Waals surface area contributed by atoms with E-state index in [0.29, 0.717) is 32.3 Å². The van der Waals surface area contributed by atoms with Crippen molar-refractivity contribution in [3.8, 4) is 11.1 Å². The highest BCUT2D eigenvalue weighted by Crippen LogP contribution is 2.44. The molecule has 0 aromatic heterocycles. The molecule has 2 unspecified atom stereocenters. The fourth-order valence-electron chi connectivity index (χ4n) is 5.41. The highest BCUT2D eigenvalue weighted by molar-refractivity contribution is 5.83. The Morgan fingerprint density at radius 3 is 2.26 bits per heavy atom. The van der Waals surface area contributed by atoms with Gasteiger partial charge < -0.3 is 25.2 Å². The number of alkyl carbamates (subject to hydrolysis) is 1. The predicted octanol–water partition coefficient (Wildman–Crippen LogP) is 3.05. The van der Waals surface area contributed by atoms with Crippen LogP contribution in [0.25, 0.3) is 11.1 Å². The minimum atomic E-state index is -0.830. The smallest absolute Gasteiger partial charge is 0.407 e. The molecule has 2 aromatic carbocycles. The van der Waals surface area contributed by atoms with E-state index in [4.69, 9.17) is 14.6 Å². The number of carbonyl (C=O) groups is 3. The Kier molecular flexibility index (Phi) is 6.24. The van der Waals surface area contributed by atoms with E-state index in [1.54, 1.807) is 0 Å². The number of nitrogens with one attached hydrogen (secondary N) is 2. The maximum absolute atomic E-state index is 12.7. The molecule has 8 heteroatoms. The molecule has 2 fully saturated rings. The Morgan fingerprint density at radius 1 is 0.941 bits per heavy atom. The molecular weight excluding hydrogens is 436 g/mol. The van der Waals surface area contributed by atoms with Crippen LogP contribution in [-0.4, -0.2) is 54.5 Å². The molecule has 2 amide bonds. The fourth-order valence-corrected chi connectivity index (χ4v) is 5.41. The van der Waals surface area contributed by atoms with E-state index in [2.05, 4.69) is 34.9 Å². The van der Waals surface area contributed by atoms with Crippen molar-refractivity contribution in [2.45, 2.75) is 49.8 Å². The maximum atomic E-state index is 12.7. The normalized spacial score (nSPS) is 25.4. The van der Waals surface area contributed by atoms with Gasteiger partial charge in [-0.2, -0.15) is 0 Å². The Bertz CT molecular complexity index is 1060. The molecule has 4 atom stereocenters. The van der Waals surface area contributed by atoms with Crippen LogP contribution in [0.15, 0.2) is 48.5 Å². The summed E-state index contributed by atoms with van der Waals surface area (Å²) in [5.41, 5.74) is 4.58.